The molecule has 1 aromatic rings. The Morgan fingerprint density at radius 2 is 1.55 bits per heavy atom. The van der Waals surface area contributed by atoms with Crippen molar-refractivity contribution < 1.29 is 23.9 Å². The van der Waals surface area contributed by atoms with Gasteiger partial charge in [0, 0.05) is 18.1 Å². The van der Waals surface area contributed by atoms with Gasteiger partial charge in [0.25, 0.3) is 5.91 Å². The summed E-state index contributed by atoms with van der Waals surface area (Å²) >= 11 is 0. The third-order valence-corrected chi connectivity index (χ3v) is 3.44. The average molecular weight is 406 g/mol. The quantitative estimate of drug-likeness (QED) is 0.538. The predicted octanol–water partition coefficient (Wildman–Crippen LogP) is 2.06. The largest absolute Gasteiger partial charge is 0.449 e. The van der Waals surface area contributed by atoms with Gasteiger partial charge < -0.3 is 20.7 Å². The molecular weight excluding hydrogens is 376 g/mol. The fourth-order valence-corrected chi connectivity index (χ4v) is 2.12. The summed E-state index contributed by atoms with van der Waals surface area (Å²) in [5.74, 6) is -1.42. The fourth-order valence-electron chi connectivity index (χ4n) is 2.12. The molecule has 5 amide bonds. The van der Waals surface area contributed by atoms with Crippen molar-refractivity contribution in [2.45, 2.75) is 65.8 Å². The first-order valence-electron chi connectivity index (χ1n) is 9.34. The molecule has 0 aliphatic heterocycles. The molecule has 1 atom stereocenters. The van der Waals surface area contributed by atoms with E-state index in [1.807, 2.05) is 13.8 Å². The highest BCUT2D eigenvalue weighted by Gasteiger charge is 2.22. The summed E-state index contributed by atoms with van der Waals surface area (Å²) in [5.41, 5.74) is 0.542. The Kier molecular flexibility index (Phi) is 8.62. The number of amides is 5. The van der Waals surface area contributed by atoms with Crippen LogP contribution in [0.25, 0.3) is 0 Å². The van der Waals surface area contributed by atoms with Gasteiger partial charge >= 0.3 is 18.0 Å². The number of hydrogen-bond acceptors (Lipinski definition) is 5. The van der Waals surface area contributed by atoms with E-state index in [4.69, 9.17) is 4.74 Å². The van der Waals surface area contributed by atoms with E-state index >= 15 is 0 Å². The van der Waals surface area contributed by atoms with Crippen molar-refractivity contribution in [2.24, 2.45) is 0 Å². The Morgan fingerprint density at radius 3 is 2.07 bits per heavy atom. The molecule has 29 heavy (non-hydrogen) atoms. The number of nitrogens with one attached hydrogen (secondary N) is 4. The monoisotopic (exact) mass is 406 g/mol. The standard InChI is InChI=1S/C20H30N4O5/c1-12(2)22-18(27)21-11-14-7-9-15(10-8-14)17(26)29-13(3)16(25)23-19(28)24-20(4,5)6/h7-10,12-13H,11H2,1-6H3,(H2,21,22,27)(H2,23,24,25,28)/t13-/m0/s1. The smallest absolute Gasteiger partial charge is 0.338 e. The first-order valence-corrected chi connectivity index (χ1v) is 9.34. The number of esters is 1. The molecule has 160 valence electrons. The minimum atomic E-state index is -1.14. The molecule has 0 aliphatic rings. The summed E-state index contributed by atoms with van der Waals surface area (Å²) in [6.07, 6.45) is -1.14. The lowest BCUT2D eigenvalue weighted by atomic mass is 10.1. The minimum absolute atomic E-state index is 0.0332. The van der Waals surface area contributed by atoms with E-state index in [1.54, 1.807) is 32.9 Å². The van der Waals surface area contributed by atoms with Gasteiger partial charge in [0.15, 0.2) is 6.10 Å². The van der Waals surface area contributed by atoms with Crippen LogP contribution in [0.1, 0.15) is 57.5 Å². The summed E-state index contributed by atoms with van der Waals surface area (Å²) in [7, 11) is 0. The molecule has 0 saturated heterocycles. The van der Waals surface area contributed by atoms with Crippen LogP contribution < -0.4 is 21.3 Å². The number of rotatable bonds is 6. The minimum Gasteiger partial charge on any atom is -0.449 e. The maximum absolute atomic E-state index is 12.2. The second-order valence-electron chi connectivity index (χ2n) is 7.92. The van der Waals surface area contributed by atoms with Crippen LogP contribution >= 0.6 is 0 Å². The van der Waals surface area contributed by atoms with Gasteiger partial charge in [-0.25, -0.2) is 14.4 Å². The van der Waals surface area contributed by atoms with Gasteiger partial charge in [0.2, 0.25) is 0 Å². The van der Waals surface area contributed by atoms with Crippen molar-refractivity contribution in [1.82, 2.24) is 21.3 Å². The third-order valence-electron chi connectivity index (χ3n) is 3.44. The van der Waals surface area contributed by atoms with E-state index in [0.29, 0.717) is 6.54 Å². The molecule has 0 radical (unpaired) electrons. The molecule has 0 fully saturated rings. The average Bonchev–Trinajstić information content (AvgIpc) is 2.57. The molecule has 0 unspecified atom stereocenters. The van der Waals surface area contributed by atoms with Crippen molar-refractivity contribution in [1.29, 1.82) is 0 Å². The van der Waals surface area contributed by atoms with Gasteiger partial charge in [-0.15, -0.1) is 0 Å². The van der Waals surface area contributed by atoms with Crippen LogP contribution in [0.3, 0.4) is 0 Å². The number of ether oxygens (including phenoxy) is 1. The van der Waals surface area contributed by atoms with Gasteiger partial charge in [0.05, 0.1) is 5.56 Å². The maximum Gasteiger partial charge on any atom is 0.338 e. The predicted molar refractivity (Wildman–Crippen MR) is 108 cm³/mol. The number of carbonyl (C=O) groups is 4. The van der Waals surface area contributed by atoms with Crippen LogP contribution in [-0.4, -0.2) is 41.6 Å². The summed E-state index contributed by atoms with van der Waals surface area (Å²) in [6, 6.07) is 5.52. The normalized spacial score (nSPS) is 12.0. The first-order chi connectivity index (χ1) is 13.4. The van der Waals surface area contributed by atoms with Crippen molar-refractivity contribution in [3.05, 3.63) is 35.4 Å². The molecule has 0 aromatic heterocycles. The Morgan fingerprint density at radius 1 is 0.966 bits per heavy atom. The van der Waals surface area contributed by atoms with Gasteiger partial charge in [-0.3, -0.25) is 10.1 Å². The fraction of sp³-hybridized carbons (Fsp3) is 0.500. The molecule has 9 nitrogen and oxygen atoms in total. The van der Waals surface area contributed by atoms with E-state index in [1.165, 1.54) is 19.1 Å². The number of hydrogen-bond donors (Lipinski definition) is 4. The van der Waals surface area contributed by atoms with Gasteiger partial charge in [-0.1, -0.05) is 12.1 Å². The lowest BCUT2D eigenvalue weighted by molar-refractivity contribution is -0.127. The summed E-state index contributed by atoms with van der Waals surface area (Å²) < 4.78 is 5.10. The molecule has 0 heterocycles. The van der Waals surface area contributed by atoms with Gasteiger partial charge in [-0.2, -0.15) is 0 Å². The van der Waals surface area contributed by atoms with Crippen LogP contribution in [0.5, 0.6) is 0 Å². The summed E-state index contributed by atoms with van der Waals surface area (Å²) in [6.45, 7) is 10.7. The number of carbonyl (C=O) groups excluding carboxylic acids is 4. The molecule has 4 N–H and O–H groups in total. The van der Waals surface area contributed by atoms with Crippen LogP contribution in [0.2, 0.25) is 0 Å². The van der Waals surface area contributed by atoms with Crippen LogP contribution in [0.15, 0.2) is 24.3 Å². The van der Waals surface area contributed by atoms with E-state index in [9.17, 15) is 19.2 Å². The number of imide groups is 1. The molecule has 1 rings (SSSR count). The number of benzene rings is 1. The Balaban J connectivity index is 2.54. The Hall–Kier alpha value is -3.10. The van der Waals surface area contributed by atoms with Crippen molar-refractivity contribution in [3.8, 4) is 0 Å². The maximum atomic E-state index is 12.2. The Bertz CT molecular complexity index is 738. The van der Waals surface area contributed by atoms with Crippen molar-refractivity contribution in [3.63, 3.8) is 0 Å². The molecule has 0 aliphatic carbocycles. The lowest BCUT2D eigenvalue weighted by Crippen LogP contribution is -2.50. The topological polar surface area (TPSA) is 126 Å². The molecule has 0 saturated carbocycles. The molecule has 1 aromatic carbocycles. The van der Waals surface area contributed by atoms with Crippen molar-refractivity contribution in [2.75, 3.05) is 0 Å². The third kappa shape index (κ3) is 9.59. The number of urea groups is 2. The van der Waals surface area contributed by atoms with Gasteiger partial charge in [-0.05, 0) is 59.2 Å². The van der Waals surface area contributed by atoms with Crippen LogP contribution in [0, 0.1) is 0 Å². The van der Waals surface area contributed by atoms with Crippen LogP contribution in [0.4, 0.5) is 9.59 Å². The molecule has 0 spiro atoms. The van der Waals surface area contributed by atoms with Gasteiger partial charge in [0.1, 0.15) is 0 Å². The van der Waals surface area contributed by atoms with E-state index in [2.05, 4.69) is 21.3 Å². The zero-order valence-electron chi connectivity index (χ0n) is 17.7. The zero-order chi connectivity index (χ0) is 22.2. The Labute approximate surface area is 170 Å². The van der Waals surface area contributed by atoms with Crippen LogP contribution in [-0.2, 0) is 16.1 Å². The van der Waals surface area contributed by atoms with E-state index in [-0.39, 0.29) is 17.6 Å². The summed E-state index contributed by atoms with van der Waals surface area (Å²) in [5, 5.41) is 10.1. The highest BCUT2D eigenvalue weighted by atomic mass is 16.5. The van der Waals surface area contributed by atoms with E-state index < -0.39 is 29.6 Å². The SMILES string of the molecule is CC(C)NC(=O)NCc1ccc(C(=O)O[C@@H](C)C(=O)NC(=O)NC(C)(C)C)cc1. The molecular formula is C20H30N4O5. The lowest BCUT2D eigenvalue weighted by Gasteiger charge is -2.21. The summed E-state index contributed by atoms with van der Waals surface area (Å²) in [4.78, 5) is 47.5. The highest BCUT2D eigenvalue weighted by Crippen LogP contribution is 2.08. The molecule has 0 bridgehead atoms. The zero-order valence-corrected chi connectivity index (χ0v) is 17.7. The van der Waals surface area contributed by atoms with Crippen molar-refractivity contribution >= 4 is 23.9 Å². The second-order valence-corrected chi connectivity index (χ2v) is 7.92. The molecule has 9 heteroatoms. The van der Waals surface area contributed by atoms with E-state index in [0.717, 1.165) is 5.56 Å². The highest BCUT2D eigenvalue weighted by molar-refractivity contribution is 5.98. The first kappa shape index (κ1) is 23.9. The second kappa shape index (κ2) is 10.4.